The molecule has 0 heterocycles. The van der Waals surface area contributed by atoms with Gasteiger partial charge in [0.1, 0.15) is 13.2 Å². The van der Waals surface area contributed by atoms with E-state index in [1.165, 1.54) is 5.01 Å². The lowest BCUT2D eigenvalue weighted by Crippen LogP contribution is -2.44. The number of amides is 1. The normalized spacial score (nSPS) is 12.0. The van der Waals surface area contributed by atoms with E-state index in [1.54, 1.807) is 7.05 Å². The molecule has 0 saturated carbocycles. The number of likely N-dealkylation sites (N-methyl/N-ethyl adjacent to an activating group) is 1. The average molecular weight is 387 g/mol. The summed E-state index contributed by atoms with van der Waals surface area (Å²) in [6.45, 7) is 0.580. The third-order valence-electron chi connectivity index (χ3n) is 2.98. The molecule has 23 heavy (non-hydrogen) atoms. The van der Waals surface area contributed by atoms with Gasteiger partial charge in [-0.25, -0.2) is 5.01 Å². The number of nitrogens with zero attached hydrogens (tertiary/aromatic N) is 1. The first-order valence-corrected chi connectivity index (χ1v) is 8.06. The van der Waals surface area contributed by atoms with Gasteiger partial charge in [0.2, 0.25) is 5.91 Å². The van der Waals surface area contributed by atoms with Crippen molar-refractivity contribution in [2.24, 2.45) is 11.5 Å². The van der Waals surface area contributed by atoms with Crippen LogP contribution in [0.2, 0.25) is 0 Å². The highest BCUT2D eigenvalue weighted by atomic mass is 79.9. The van der Waals surface area contributed by atoms with E-state index in [9.17, 15) is 9.59 Å². The molecule has 7 nitrogen and oxygen atoms in total. The Morgan fingerprint density at radius 3 is 2.61 bits per heavy atom. The summed E-state index contributed by atoms with van der Waals surface area (Å²) in [4.78, 5) is 23.4. The molecule has 0 bridgehead atoms. The Hall–Kier alpha value is -1.48. The molecule has 0 aliphatic carbocycles. The third-order valence-corrected chi connectivity index (χ3v) is 3.51. The van der Waals surface area contributed by atoms with E-state index in [2.05, 4.69) is 21.4 Å². The van der Waals surface area contributed by atoms with Gasteiger partial charge in [0, 0.05) is 24.0 Å². The lowest BCUT2D eigenvalue weighted by Gasteiger charge is -2.18. The van der Waals surface area contributed by atoms with E-state index in [1.807, 2.05) is 24.3 Å². The van der Waals surface area contributed by atoms with Gasteiger partial charge in [-0.2, -0.15) is 0 Å². The zero-order valence-corrected chi connectivity index (χ0v) is 14.7. The van der Waals surface area contributed by atoms with Gasteiger partial charge in [-0.05, 0) is 30.7 Å². The Balaban J connectivity index is 2.27. The van der Waals surface area contributed by atoms with Crippen molar-refractivity contribution in [3.8, 4) is 0 Å². The fourth-order valence-corrected chi connectivity index (χ4v) is 2.10. The monoisotopic (exact) mass is 386 g/mol. The summed E-state index contributed by atoms with van der Waals surface area (Å²) in [6.07, 6.45) is 0.738. The van der Waals surface area contributed by atoms with Crippen LogP contribution in [0.15, 0.2) is 28.7 Å². The molecule has 0 aromatic heterocycles. The highest BCUT2D eigenvalue weighted by molar-refractivity contribution is 9.10. The number of nitrogens with two attached hydrogens (primary N) is 2. The highest BCUT2D eigenvalue weighted by Crippen LogP contribution is 2.11. The Bertz CT molecular complexity index is 510. The minimum Gasteiger partial charge on any atom is -0.460 e. The molecule has 0 fully saturated rings. The molecule has 0 spiro atoms. The maximum absolute atomic E-state index is 11.7. The van der Waals surface area contributed by atoms with Gasteiger partial charge in [-0.15, -0.1) is 0 Å². The number of rotatable bonds is 9. The minimum atomic E-state index is -0.429. The van der Waals surface area contributed by atoms with Gasteiger partial charge in [0.05, 0.1) is 0 Å². The first-order valence-electron chi connectivity index (χ1n) is 7.27. The largest absolute Gasteiger partial charge is 0.460 e. The molecule has 1 atom stereocenters. The Morgan fingerprint density at radius 2 is 2.00 bits per heavy atom. The van der Waals surface area contributed by atoms with Crippen LogP contribution >= 0.6 is 15.9 Å². The maximum Gasteiger partial charge on any atom is 0.322 e. The third kappa shape index (κ3) is 8.65. The first kappa shape index (κ1) is 19.6. The number of nitrogens with one attached hydrogen (secondary N) is 1. The predicted molar refractivity (Wildman–Crippen MR) is 91.0 cm³/mol. The number of benzene rings is 1. The van der Waals surface area contributed by atoms with E-state index >= 15 is 0 Å². The van der Waals surface area contributed by atoms with Crippen molar-refractivity contribution < 1.29 is 14.3 Å². The average Bonchev–Trinajstić information content (AvgIpc) is 2.46. The molecule has 128 valence electrons. The number of hydrogen-bond donors (Lipinski definition) is 3. The van der Waals surface area contributed by atoms with Crippen LogP contribution in [0.25, 0.3) is 0 Å². The van der Waals surface area contributed by atoms with Crippen molar-refractivity contribution >= 4 is 27.8 Å². The summed E-state index contributed by atoms with van der Waals surface area (Å²) in [7, 11) is 1.59. The Kier molecular flexibility index (Phi) is 8.78. The molecular formula is C15H23BrN4O3. The molecule has 0 radical (unpaired) electrons. The molecule has 0 unspecified atom stereocenters. The number of hydrogen-bond acceptors (Lipinski definition) is 6. The van der Waals surface area contributed by atoms with Crippen molar-refractivity contribution in [3.05, 3.63) is 34.3 Å². The van der Waals surface area contributed by atoms with E-state index in [0.717, 1.165) is 10.0 Å². The number of hydrazine groups is 1. The molecular weight excluding hydrogens is 364 g/mol. The van der Waals surface area contributed by atoms with Gasteiger partial charge < -0.3 is 16.2 Å². The zero-order valence-electron chi connectivity index (χ0n) is 13.1. The smallest absolute Gasteiger partial charge is 0.322 e. The zero-order chi connectivity index (χ0) is 17.2. The molecule has 0 aliphatic rings. The fourth-order valence-electron chi connectivity index (χ4n) is 1.84. The van der Waals surface area contributed by atoms with Crippen molar-refractivity contribution in [1.29, 1.82) is 0 Å². The van der Waals surface area contributed by atoms with E-state index in [4.69, 9.17) is 16.2 Å². The second-order valence-electron chi connectivity index (χ2n) is 5.22. The number of carbonyl (C=O) groups is 2. The van der Waals surface area contributed by atoms with Crippen molar-refractivity contribution in [2.75, 3.05) is 20.1 Å². The molecule has 1 aromatic carbocycles. The van der Waals surface area contributed by atoms with Crippen molar-refractivity contribution in [2.45, 2.75) is 25.5 Å². The number of carbonyl (C=O) groups excluding carboxylic acids is 2. The first-order chi connectivity index (χ1) is 10.9. The van der Waals surface area contributed by atoms with Crippen LogP contribution in [-0.2, 0) is 20.9 Å². The van der Waals surface area contributed by atoms with Crippen LogP contribution in [0.3, 0.4) is 0 Å². The van der Waals surface area contributed by atoms with Crippen LogP contribution < -0.4 is 16.9 Å². The van der Waals surface area contributed by atoms with Crippen LogP contribution in [0.5, 0.6) is 0 Å². The Morgan fingerprint density at radius 1 is 1.35 bits per heavy atom. The second-order valence-corrected chi connectivity index (χ2v) is 6.14. The van der Waals surface area contributed by atoms with Crippen molar-refractivity contribution in [1.82, 2.24) is 10.4 Å². The number of esters is 1. The molecule has 1 aromatic rings. The van der Waals surface area contributed by atoms with E-state index in [0.29, 0.717) is 13.0 Å². The van der Waals surface area contributed by atoms with Gasteiger partial charge >= 0.3 is 5.97 Å². The quantitative estimate of drug-likeness (QED) is 0.421. The van der Waals surface area contributed by atoms with Crippen LogP contribution in [0.4, 0.5) is 0 Å². The highest BCUT2D eigenvalue weighted by Gasteiger charge is 2.13. The second kappa shape index (κ2) is 10.3. The lowest BCUT2D eigenvalue weighted by molar-refractivity contribution is -0.147. The van der Waals surface area contributed by atoms with Crippen molar-refractivity contribution in [3.63, 3.8) is 0 Å². The summed E-state index contributed by atoms with van der Waals surface area (Å²) in [5.74, 6) is -0.684. The van der Waals surface area contributed by atoms with Crippen LogP contribution in [0.1, 0.15) is 18.4 Å². The van der Waals surface area contributed by atoms with Gasteiger partial charge in [0.15, 0.2) is 0 Å². The summed E-state index contributed by atoms with van der Waals surface area (Å²) in [6, 6.07) is 7.20. The van der Waals surface area contributed by atoms with Crippen LogP contribution in [0, 0.1) is 0 Å². The molecule has 1 rings (SSSR count). The maximum atomic E-state index is 11.7. The number of ether oxygens (including phenoxy) is 1. The summed E-state index contributed by atoms with van der Waals surface area (Å²) < 4.78 is 6.11. The molecule has 5 N–H and O–H groups in total. The molecule has 8 heteroatoms. The van der Waals surface area contributed by atoms with Gasteiger partial charge in [-0.1, -0.05) is 28.1 Å². The standard InChI is InChI=1S/C15H23BrN4O3/c1-20(19-14(21)8-13(18)6-7-17)9-15(22)23-10-11-2-4-12(16)5-3-11/h2-5,13H,6-10,17-18H2,1H3,(H,19,21)/t13-/m0/s1. The fraction of sp³-hybridized carbons (Fsp3) is 0.467. The summed E-state index contributed by atoms with van der Waals surface area (Å²) in [5.41, 5.74) is 14.6. The van der Waals surface area contributed by atoms with Gasteiger partial charge in [-0.3, -0.25) is 15.0 Å². The molecule has 1 amide bonds. The number of halogens is 1. The summed E-state index contributed by atoms with van der Waals surface area (Å²) >= 11 is 3.34. The Labute approximate surface area is 144 Å². The lowest BCUT2D eigenvalue weighted by atomic mass is 10.1. The van der Waals surface area contributed by atoms with E-state index in [-0.39, 0.29) is 31.5 Å². The SMILES string of the molecule is CN(CC(=O)OCc1ccc(Br)cc1)NC(=O)C[C@@H](N)CCN. The minimum absolute atomic E-state index is 0.0472. The van der Waals surface area contributed by atoms with Crippen LogP contribution in [-0.4, -0.2) is 43.1 Å². The molecule has 0 aliphatic heterocycles. The predicted octanol–water partition coefficient (Wildman–Crippen LogP) is 0.522. The summed E-state index contributed by atoms with van der Waals surface area (Å²) in [5, 5.41) is 1.38. The topological polar surface area (TPSA) is 111 Å². The van der Waals surface area contributed by atoms with E-state index < -0.39 is 5.97 Å². The molecule has 0 saturated heterocycles. The van der Waals surface area contributed by atoms with Gasteiger partial charge in [0.25, 0.3) is 0 Å².